The molecular weight excluding hydrogens is 330 g/mol. The number of nitrogens with zero attached hydrogens (tertiary/aromatic N) is 1. The molecule has 0 bridgehead atoms. The van der Waals surface area contributed by atoms with E-state index in [9.17, 15) is 4.21 Å². The van der Waals surface area contributed by atoms with E-state index in [2.05, 4.69) is 50.9 Å². The molecule has 0 aromatic heterocycles. The van der Waals surface area contributed by atoms with Crippen LogP contribution in [0.2, 0.25) is 0 Å². The second-order valence-electron chi connectivity index (χ2n) is 6.84. The standard InChI is InChI=1S/C21H33NO2S/c1-11-12-13-19(4)25(10,23)20(5)15-14-17(2)24-18(3)16-21(6,7)22(8)9/h11-15,18H,1-2,4-5,10,16H2,3,6-9H3. The first kappa shape index (κ1) is 23.2. The fourth-order valence-electron chi connectivity index (χ4n) is 1.97. The Labute approximate surface area is 154 Å². The van der Waals surface area contributed by atoms with Gasteiger partial charge < -0.3 is 9.64 Å². The van der Waals surface area contributed by atoms with Crippen molar-refractivity contribution in [2.24, 2.45) is 0 Å². The van der Waals surface area contributed by atoms with Crippen LogP contribution in [0.25, 0.3) is 0 Å². The van der Waals surface area contributed by atoms with Gasteiger partial charge in [0.25, 0.3) is 0 Å². The minimum atomic E-state index is -2.69. The summed E-state index contributed by atoms with van der Waals surface area (Å²) in [7, 11) is 1.40. The molecule has 0 heterocycles. The molecule has 140 valence electrons. The second kappa shape index (κ2) is 9.64. The average molecular weight is 364 g/mol. The molecule has 0 amide bonds. The summed E-state index contributed by atoms with van der Waals surface area (Å²) in [6.07, 6.45) is 9.01. The van der Waals surface area contributed by atoms with Gasteiger partial charge in [-0.05, 0) is 59.0 Å². The van der Waals surface area contributed by atoms with Gasteiger partial charge in [0, 0.05) is 31.3 Å². The van der Waals surface area contributed by atoms with E-state index in [1.807, 2.05) is 21.0 Å². The van der Waals surface area contributed by atoms with Crippen LogP contribution < -0.4 is 0 Å². The lowest BCUT2D eigenvalue weighted by molar-refractivity contribution is 0.0707. The van der Waals surface area contributed by atoms with E-state index in [-0.39, 0.29) is 11.6 Å². The van der Waals surface area contributed by atoms with Crippen molar-refractivity contribution in [3.05, 3.63) is 72.3 Å². The zero-order valence-electron chi connectivity index (χ0n) is 16.4. The van der Waals surface area contributed by atoms with E-state index in [4.69, 9.17) is 4.74 Å². The minimum absolute atomic E-state index is 0.00240. The van der Waals surface area contributed by atoms with E-state index in [0.717, 1.165) is 6.42 Å². The summed E-state index contributed by atoms with van der Waals surface area (Å²) in [6.45, 7) is 21.4. The maximum Gasteiger partial charge on any atom is 0.112 e. The molecule has 0 aromatic rings. The van der Waals surface area contributed by atoms with Gasteiger partial charge in [0.1, 0.15) is 5.76 Å². The van der Waals surface area contributed by atoms with Crippen LogP contribution in [0, 0.1) is 0 Å². The highest BCUT2D eigenvalue weighted by Crippen LogP contribution is 2.21. The van der Waals surface area contributed by atoms with E-state index < -0.39 is 9.52 Å². The Balaban J connectivity index is 4.85. The van der Waals surface area contributed by atoms with Crippen molar-refractivity contribution >= 4 is 15.4 Å². The van der Waals surface area contributed by atoms with Crippen molar-refractivity contribution in [1.29, 1.82) is 0 Å². The lowest BCUT2D eigenvalue weighted by atomic mass is 9.96. The largest absolute Gasteiger partial charge is 0.491 e. The molecule has 0 N–H and O–H groups in total. The summed E-state index contributed by atoms with van der Waals surface area (Å²) in [4.78, 5) is 2.93. The van der Waals surface area contributed by atoms with Crippen molar-refractivity contribution in [2.45, 2.75) is 38.8 Å². The first-order chi connectivity index (χ1) is 11.3. The van der Waals surface area contributed by atoms with Gasteiger partial charge in [0.05, 0.1) is 6.10 Å². The Bertz CT molecular complexity index is 677. The molecule has 2 atom stereocenters. The van der Waals surface area contributed by atoms with Crippen LogP contribution in [0.5, 0.6) is 0 Å². The maximum atomic E-state index is 12.7. The molecule has 0 radical (unpaired) electrons. The smallest absolute Gasteiger partial charge is 0.112 e. The van der Waals surface area contributed by atoms with Gasteiger partial charge in [-0.2, -0.15) is 0 Å². The van der Waals surface area contributed by atoms with Gasteiger partial charge >= 0.3 is 0 Å². The van der Waals surface area contributed by atoms with Gasteiger partial charge in [-0.25, -0.2) is 0 Å². The Morgan fingerprint density at radius 2 is 1.68 bits per heavy atom. The predicted octanol–water partition coefficient (Wildman–Crippen LogP) is 4.68. The summed E-state index contributed by atoms with van der Waals surface area (Å²) in [5.74, 6) is 4.24. The van der Waals surface area contributed by atoms with Crippen molar-refractivity contribution in [2.75, 3.05) is 14.1 Å². The quantitative estimate of drug-likeness (QED) is 0.303. The molecule has 0 aliphatic rings. The van der Waals surface area contributed by atoms with Gasteiger partial charge in [0.15, 0.2) is 0 Å². The minimum Gasteiger partial charge on any atom is -0.491 e. The molecule has 0 aliphatic heterocycles. The monoisotopic (exact) mass is 363 g/mol. The van der Waals surface area contributed by atoms with Crippen LogP contribution in [-0.2, 0) is 14.3 Å². The van der Waals surface area contributed by atoms with Crippen LogP contribution in [0.3, 0.4) is 0 Å². The number of hydrogen-bond donors (Lipinski definition) is 0. The first-order valence-electron chi connectivity index (χ1n) is 8.10. The molecule has 25 heavy (non-hydrogen) atoms. The molecule has 3 nitrogen and oxygen atoms in total. The van der Waals surface area contributed by atoms with Gasteiger partial charge in [0.2, 0.25) is 0 Å². The van der Waals surface area contributed by atoms with Crippen LogP contribution in [0.1, 0.15) is 27.2 Å². The van der Waals surface area contributed by atoms with E-state index in [1.165, 1.54) is 0 Å². The topological polar surface area (TPSA) is 29.5 Å². The molecular formula is C21H33NO2S. The zero-order valence-corrected chi connectivity index (χ0v) is 17.2. The molecule has 0 fully saturated rings. The van der Waals surface area contributed by atoms with Crippen LogP contribution >= 0.6 is 0 Å². The third-order valence-corrected chi connectivity index (χ3v) is 6.04. The fraction of sp³-hybridized carbons (Fsp3) is 0.381. The third kappa shape index (κ3) is 7.76. The van der Waals surface area contributed by atoms with Crippen molar-refractivity contribution in [3.63, 3.8) is 0 Å². The highest BCUT2D eigenvalue weighted by atomic mass is 32.2. The zero-order chi connectivity index (χ0) is 19.8. The number of ether oxygens (including phenoxy) is 1. The predicted molar refractivity (Wildman–Crippen MR) is 114 cm³/mol. The Morgan fingerprint density at radius 3 is 2.16 bits per heavy atom. The van der Waals surface area contributed by atoms with Crippen LogP contribution in [0.4, 0.5) is 0 Å². The molecule has 2 unspecified atom stereocenters. The Morgan fingerprint density at radius 1 is 1.16 bits per heavy atom. The van der Waals surface area contributed by atoms with Crippen molar-refractivity contribution in [1.82, 2.24) is 4.90 Å². The van der Waals surface area contributed by atoms with Gasteiger partial charge in [-0.15, -0.1) is 0 Å². The second-order valence-corrected chi connectivity index (χ2v) is 9.24. The van der Waals surface area contributed by atoms with Crippen molar-refractivity contribution in [3.8, 4) is 0 Å². The van der Waals surface area contributed by atoms with Gasteiger partial charge in [-0.1, -0.05) is 38.5 Å². The maximum absolute atomic E-state index is 12.7. The number of hydrogen-bond acceptors (Lipinski definition) is 3. The van der Waals surface area contributed by atoms with E-state index in [1.54, 1.807) is 30.4 Å². The summed E-state index contributed by atoms with van der Waals surface area (Å²) >= 11 is 0. The lowest BCUT2D eigenvalue weighted by Gasteiger charge is -2.34. The van der Waals surface area contributed by atoms with E-state index in [0.29, 0.717) is 15.6 Å². The summed E-state index contributed by atoms with van der Waals surface area (Å²) in [5.41, 5.74) is 0.0178. The normalized spacial score (nSPS) is 15.9. The Hall–Kier alpha value is -1.78. The molecule has 0 saturated heterocycles. The van der Waals surface area contributed by atoms with Gasteiger partial charge in [-0.3, -0.25) is 4.21 Å². The summed E-state index contributed by atoms with van der Waals surface area (Å²) in [6, 6.07) is 0. The van der Waals surface area contributed by atoms with Crippen LogP contribution in [0.15, 0.2) is 72.3 Å². The number of rotatable bonds is 11. The number of allylic oxidation sites excluding steroid dienone is 5. The molecule has 4 heteroatoms. The first-order valence-corrected chi connectivity index (χ1v) is 9.82. The van der Waals surface area contributed by atoms with Crippen LogP contribution in [-0.4, -0.2) is 40.7 Å². The highest BCUT2D eigenvalue weighted by molar-refractivity contribution is 8.07. The SMILES string of the molecule is C=CC=CC(=C)S(=C)(=O)C(=C)C=CC(=C)OC(C)CC(C)(C)N(C)C. The molecule has 0 rings (SSSR count). The Kier molecular flexibility index (Phi) is 8.95. The molecule has 0 aromatic carbocycles. The molecule has 0 saturated carbocycles. The fourth-order valence-corrected chi connectivity index (χ4v) is 2.90. The summed E-state index contributed by atoms with van der Waals surface area (Å²) in [5, 5.41) is 0. The summed E-state index contributed by atoms with van der Waals surface area (Å²) < 4.78 is 18.5. The molecule has 0 spiro atoms. The van der Waals surface area contributed by atoms with Crippen molar-refractivity contribution < 1.29 is 8.95 Å². The lowest BCUT2D eigenvalue weighted by Crippen LogP contribution is -2.40. The third-order valence-electron chi connectivity index (χ3n) is 4.07. The molecule has 0 aliphatic carbocycles. The highest BCUT2D eigenvalue weighted by Gasteiger charge is 2.24. The van der Waals surface area contributed by atoms with E-state index >= 15 is 0 Å². The average Bonchev–Trinajstić information content (AvgIpc) is 2.48.